The number of hydrogen-bond acceptors (Lipinski definition) is 4. The summed E-state index contributed by atoms with van der Waals surface area (Å²) in [5.74, 6) is -0.406. The van der Waals surface area contributed by atoms with E-state index in [2.05, 4.69) is 21.2 Å². The molecule has 6 heteroatoms. The molecule has 1 atom stereocenters. The van der Waals surface area contributed by atoms with Crippen LogP contribution < -0.4 is 5.32 Å². The fourth-order valence-electron chi connectivity index (χ4n) is 1.35. The summed E-state index contributed by atoms with van der Waals surface area (Å²) in [5, 5.41) is 13.3. The Morgan fingerprint density at radius 3 is 3.00 bits per heavy atom. The predicted molar refractivity (Wildman–Crippen MR) is 74.9 cm³/mol. The molecule has 2 N–H and O–H groups in total. The topological polar surface area (TPSA) is 58.6 Å². The fourth-order valence-corrected chi connectivity index (χ4v) is 1.93. The van der Waals surface area contributed by atoms with Crippen molar-refractivity contribution < 1.29 is 14.6 Å². The second-order valence-electron chi connectivity index (χ2n) is 3.65. The Morgan fingerprint density at radius 2 is 2.33 bits per heavy atom. The highest BCUT2D eigenvalue weighted by atomic mass is 79.9. The Morgan fingerprint density at radius 1 is 1.61 bits per heavy atom. The van der Waals surface area contributed by atoms with E-state index in [1.54, 1.807) is 19.1 Å². The van der Waals surface area contributed by atoms with Gasteiger partial charge in [0, 0.05) is 6.54 Å². The quantitative estimate of drug-likeness (QED) is 0.784. The van der Waals surface area contributed by atoms with Crippen molar-refractivity contribution in [2.45, 2.75) is 19.4 Å². The van der Waals surface area contributed by atoms with Gasteiger partial charge in [-0.05, 0) is 35.0 Å². The van der Waals surface area contributed by atoms with Crippen LogP contribution in [0.15, 0.2) is 22.7 Å². The van der Waals surface area contributed by atoms with Crippen molar-refractivity contribution >= 4 is 39.2 Å². The third-order valence-electron chi connectivity index (χ3n) is 2.19. The zero-order valence-electron chi connectivity index (χ0n) is 9.95. The number of halogens is 2. The van der Waals surface area contributed by atoms with E-state index in [0.717, 1.165) is 10.2 Å². The second-order valence-corrected chi connectivity index (χ2v) is 4.85. The van der Waals surface area contributed by atoms with Gasteiger partial charge in [-0.3, -0.25) is 4.79 Å². The molecule has 0 saturated carbocycles. The molecule has 0 fully saturated rings. The molecule has 0 bridgehead atoms. The van der Waals surface area contributed by atoms with Crippen molar-refractivity contribution in [1.29, 1.82) is 0 Å². The first-order valence-corrected chi connectivity index (χ1v) is 6.73. The highest BCUT2D eigenvalue weighted by molar-refractivity contribution is 9.10. The number of carbonyl (C=O) groups is 1. The number of rotatable bonds is 6. The predicted octanol–water partition coefficient (Wildman–Crippen LogP) is 2.83. The van der Waals surface area contributed by atoms with Crippen LogP contribution in [0, 0.1) is 0 Å². The van der Waals surface area contributed by atoms with E-state index < -0.39 is 12.1 Å². The molecular formula is C12H15BrClNO3. The van der Waals surface area contributed by atoms with Crippen LogP contribution in [-0.4, -0.2) is 30.3 Å². The lowest BCUT2D eigenvalue weighted by atomic mass is 10.2. The average molecular weight is 337 g/mol. The summed E-state index contributed by atoms with van der Waals surface area (Å²) in [5.41, 5.74) is 0.769. The summed E-state index contributed by atoms with van der Waals surface area (Å²) < 4.78 is 5.48. The number of ether oxygens (including phenoxy) is 1. The Bertz CT molecular complexity index is 414. The summed E-state index contributed by atoms with van der Waals surface area (Å²) >= 11 is 9.27. The normalized spacial score (nSPS) is 12.0. The number of aliphatic hydroxyl groups is 1. The van der Waals surface area contributed by atoms with Crippen LogP contribution in [0.2, 0.25) is 5.02 Å². The van der Waals surface area contributed by atoms with Crippen LogP contribution >= 0.6 is 27.5 Å². The molecule has 0 aromatic heterocycles. The lowest BCUT2D eigenvalue weighted by Gasteiger charge is -2.13. The highest BCUT2D eigenvalue weighted by Gasteiger charge is 2.12. The Hall–Kier alpha value is -0.780. The van der Waals surface area contributed by atoms with Gasteiger partial charge in [0.25, 0.3) is 0 Å². The van der Waals surface area contributed by atoms with E-state index in [4.69, 9.17) is 16.3 Å². The number of hydrogen-bond donors (Lipinski definition) is 2. The number of aliphatic hydroxyl groups excluding tert-OH is 1. The zero-order valence-corrected chi connectivity index (χ0v) is 12.3. The smallest absolute Gasteiger partial charge is 0.308 e. The summed E-state index contributed by atoms with van der Waals surface area (Å²) in [6.07, 6.45) is -0.825. The molecule has 0 saturated heterocycles. The molecule has 0 heterocycles. The number of anilines is 1. The van der Waals surface area contributed by atoms with Gasteiger partial charge in [-0.1, -0.05) is 17.7 Å². The SMILES string of the molecule is CCOC(=O)CC(O)CNc1cccc(Cl)c1Br. The van der Waals surface area contributed by atoms with Crippen LogP contribution in [0.1, 0.15) is 13.3 Å². The molecule has 1 rings (SSSR count). The summed E-state index contributed by atoms with van der Waals surface area (Å²) in [7, 11) is 0. The van der Waals surface area contributed by atoms with E-state index in [1.807, 2.05) is 6.07 Å². The lowest BCUT2D eigenvalue weighted by Crippen LogP contribution is -2.24. The minimum absolute atomic E-state index is 0.0287. The first kappa shape index (κ1) is 15.3. The summed E-state index contributed by atoms with van der Waals surface area (Å²) in [6, 6.07) is 5.38. The molecule has 0 aliphatic rings. The van der Waals surface area contributed by atoms with Crippen molar-refractivity contribution in [2.24, 2.45) is 0 Å². The Kier molecular flexibility index (Phi) is 6.46. The lowest BCUT2D eigenvalue weighted by molar-refractivity contribution is -0.145. The van der Waals surface area contributed by atoms with Crippen molar-refractivity contribution in [3.63, 3.8) is 0 Å². The van der Waals surface area contributed by atoms with Crippen LogP contribution in [0.5, 0.6) is 0 Å². The molecule has 0 aliphatic carbocycles. The standard InChI is InChI=1S/C12H15BrClNO3/c1-2-18-11(17)6-8(16)7-15-10-5-3-4-9(14)12(10)13/h3-5,8,15-16H,2,6-7H2,1H3. The number of carbonyl (C=O) groups excluding carboxylic acids is 1. The monoisotopic (exact) mass is 335 g/mol. The Balaban J connectivity index is 2.45. The van der Waals surface area contributed by atoms with Gasteiger partial charge in [0.1, 0.15) is 0 Å². The molecule has 0 radical (unpaired) electrons. The van der Waals surface area contributed by atoms with Crippen molar-refractivity contribution in [1.82, 2.24) is 0 Å². The molecule has 4 nitrogen and oxygen atoms in total. The fraction of sp³-hybridized carbons (Fsp3) is 0.417. The minimum atomic E-state index is -0.796. The van der Waals surface area contributed by atoms with Gasteiger partial charge >= 0.3 is 5.97 Å². The Labute approximate surface area is 119 Å². The molecule has 0 amide bonds. The van der Waals surface area contributed by atoms with Crippen LogP contribution in [0.25, 0.3) is 0 Å². The molecule has 1 aromatic carbocycles. The van der Waals surface area contributed by atoms with Gasteiger partial charge in [0.05, 0.1) is 34.3 Å². The zero-order chi connectivity index (χ0) is 13.5. The number of nitrogens with one attached hydrogen (secondary N) is 1. The first-order chi connectivity index (χ1) is 8.54. The van der Waals surface area contributed by atoms with Crippen molar-refractivity contribution in [3.8, 4) is 0 Å². The summed E-state index contributed by atoms with van der Waals surface area (Å²) in [6.45, 7) is 2.29. The number of esters is 1. The second kappa shape index (κ2) is 7.61. The van der Waals surface area contributed by atoms with Gasteiger partial charge in [0.2, 0.25) is 0 Å². The molecule has 0 spiro atoms. The van der Waals surface area contributed by atoms with E-state index in [0.29, 0.717) is 11.6 Å². The maximum atomic E-state index is 11.1. The van der Waals surface area contributed by atoms with E-state index in [1.165, 1.54) is 0 Å². The largest absolute Gasteiger partial charge is 0.466 e. The number of benzene rings is 1. The first-order valence-electron chi connectivity index (χ1n) is 5.56. The van der Waals surface area contributed by atoms with Gasteiger partial charge in [-0.2, -0.15) is 0 Å². The van der Waals surface area contributed by atoms with E-state index in [-0.39, 0.29) is 13.0 Å². The molecule has 0 aliphatic heterocycles. The van der Waals surface area contributed by atoms with Crippen LogP contribution in [0.3, 0.4) is 0 Å². The molecule has 1 aromatic rings. The highest BCUT2D eigenvalue weighted by Crippen LogP contribution is 2.29. The maximum absolute atomic E-state index is 11.1. The van der Waals surface area contributed by atoms with Gasteiger partial charge in [-0.25, -0.2) is 0 Å². The third kappa shape index (κ3) is 4.84. The summed E-state index contributed by atoms with van der Waals surface area (Å²) in [4.78, 5) is 11.1. The van der Waals surface area contributed by atoms with Crippen LogP contribution in [0.4, 0.5) is 5.69 Å². The average Bonchev–Trinajstić information content (AvgIpc) is 2.31. The molecule has 18 heavy (non-hydrogen) atoms. The van der Waals surface area contributed by atoms with Gasteiger partial charge in [0.15, 0.2) is 0 Å². The molecule has 100 valence electrons. The van der Waals surface area contributed by atoms with Gasteiger partial charge in [-0.15, -0.1) is 0 Å². The third-order valence-corrected chi connectivity index (χ3v) is 3.58. The van der Waals surface area contributed by atoms with E-state index >= 15 is 0 Å². The van der Waals surface area contributed by atoms with Crippen LogP contribution in [-0.2, 0) is 9.53 Å². The molecule has 1 unspecified atom stereocenters. The van der Waals surface area contributed by atoms with Crippen molar-refractivity contribution in [2.75, 3.05) is 18.5 Å². The van der Waals surface area contributed by atoms with Gasteiger partial charge < -0.3 is 15.2 Å². The van der Waals surface area contributed by atoms with E-state index in [9.17, 15) is 9.90 Å². The minimum Gasteiger partial charge on any atom is -0.466 e. The maximum Gasteiger partial charge on any atom is 0.308 e. The van der Waals surface area contributed by atoms with Crippen molar-refractivity contribution in [3.05, 3.63) is 27.7 Å². The molecular weight excluding hydrogens is 321 g/mol.